The van der Waals surface area contributed by atoms with Crippen LogP contribution >= 0.6 is 0 Å². The Morgan fingerprint density at radius 2 is 2.05 bits per heavy atom. The molecule has 0 aromatic heterocycles. The van der Waals surface area contributed by atoms with Gasteiger partial charge in [0.1, 0.15) is 6.04 Å². The summed E-state index contributed by atoms with van der Waals surface area (Å²) >= 11 is 0. The van der Waals surface area contributed by atoms with Crippen molar-refractivity contribution < 1.29 is 23.1 Å². The van der Waals surface area contributed by atoms with Gasteiger partial charge >= 0.3 is 5.97 Å². The number of aliphatic carboxylic acids is 1. The van der Waals surface area contributed by atoms with E-state index in [1.165, 1.54) is 11.0 Å². The number of aryl methyl sites for hydroxylation is 1. The molecule has 1 saturated heterocycles. The number of carboxylic acid groups (broad SMARTS) is 1. The minimum absolute atomic E-state index is 0.268. The minimum Gasteiger partial charge on any atom is -0.480 e. The highest BCUT2D eigenvalue weighted by Crippen LogP contribution is 2.23. The lowest BCUT2D eigenvalue weighted by atomic mass is 10.1. The number of nitrogens with one attached hydrogen (secondary N) is 1. The summed E-state index contributed by atoms with van der Waals surface area (Å²) in [7, 11) is -3.45. The van der Waals surface area contributed by atoms with Crippen LogP contribution in [0, 0.1) is 6.92 Å². The number of hydrogen-bond donors (Lipinski definition) is 2. The van der Waals surface area contributed by atoms with E-state index < -0.39 is 27.9 Å². The van der Waals surface area contributed by atoms with Crippen molar-refractivity contribution in [3.63, 3.8) is 0 Å². The fraction of sp³-hybridized carbons (Fsp3) is 0.429. The summed E-state index contributed by atoms with van der Waals surface area (Å²) in [6.07, 6.45) is 2.10. The number of carbonyl (C=O) groups is 2. The zero-order valence-electron chi connectivity index (χ0n) is 12.4. The molecular formula is C14H18N2O5S. The van der Waals surface area contributed by atoms with Gasteiger partial charge in [-0.1, -0.05) is 6.07 Å². The van der Waals surface area contributed by atoms with E-state index in [1.807, 2.05) is 0 Å². The molecule has 1 aliphatic heterocycles. The summed E-state index contributed by atoms with van der Waals surface area (Å²) in [6.45, 7) is 2.11. The molecule has 2 N–H and O–H groups in total. The molecule has 1 aliphatic rings. The maximum Gasteiger partial charge on any atom is 0.326 e. The molecule has 1 unspecified atom stereocenters. The van der Waals surface area contributed by atoms with Gasteiger partial charge in [0.05, 0.1) is 11.9 Å². The highest BCUT2D eigenvalue weighted by atomic mass is 32.2. The maximum atomic E-state index is 12.5. The van der Waals surface area contributed by atoms with Gasteiger partial charge in [0, 0.05) is 12.1 Å². The Morgan fingerprint density at radius 3 is 2.64 bits per heavy atom. The average Bonchev–Trinajstić information content (AvgIpc) is 2.88. The Morgan fingerprint density at radius 1 is 1.36 bits per heavy atom. The van der Waals surface area contributed by atoms with Gasteiger partial charge in [-0.05, 0) is 37.5 Å². The standard InChI is InChI=1S/C14H18N2O5S/c1-9-5-6-10(8-11(9)15-22(2,20)21)13(17)16-7-3-4-12(16)14(18)19/h5-6,8,12,15H,3-4,7H2,1-2H3,(H,18,19). The molecular weight excluding hydrogens is 308 g/mol. The molecule has 7 nitrogen and oxygen atoms in total. The van der Waals surface area contributed by atoms with Crippen LogP contribution in [-0.4, -0.2) is 49.1 Å². The monoisotopic (exact) mass is 326 g/mol. The van der Waals surface area contributed by atoms with Crippen molar-refractivity contribution in [1.82, 2.24) is 4.90 Å². The van der Waals surface area contributed by atoms with E-state index in [1.54, 1.807) is 19.1 Å². The first-order chi connectivity index (χ1) is 10.2. The second kappa shape index (κ2) is 5.96. The fourth-order valence-electron chi connectivity index (χ4n) is 2.50. The van der Waals surface area contributed by atoms with E-state index in [0.29, 0.717) is 30.6 Å². The Hall–Kier alpha value is -2.09. The summed E-state index contributed by atoms with van der Waals surface area (Å²) in [5.74, 6) is -1.42. The topological polar surface area (TPSA) is 104 Å². The summed E-state index contributed by atoms with van der Waals surface area (Å²) in [6, 6.07) is 3.82. The molecule has 1 aromatic rings. The van der Waals surface area contributed by atoms with Crippen molar-refractivity contribution in [2.24, 2.45) is 0 Å². The number of carbonyl (C=O) groups excluding carboxylic acids is 1. The van der Waals surface area contributed by atoms with Gasteiger partial charge in [-0.25, -0.2) is 13.2 Å². The van der Waals surface area contributed by atoms with Crippen LogP contribution in [0.2, 0.25) is 0 Å². The quantitative estimate of drug-likeness (QED) is 0.861. The van der Waals surface area contributed by atoms with Crippen molar-refractivity contribution in [3.05, 3.63) is 29.3 Å². The summed E-state index contributed by atoms with van der Waals surface area (Å²) in [5.41, 5.74) is 1.27. The third-order valence-electron chi connectivity index (χ3n) is 3.58. The molecule has 1 atom stereocenters. The van der Waals surface area contributed by atoms with Crippen molar-refractivity contribution in [1.29, 1.82) is 0 Å². The highest BCUT2D eigenvalue weighted by molar-refractivity contribution is 7.92. The number of anilines is 1. The van der Waals surface area contributed by atoms with E-state index in [-0.39, 0.29) is 5.56 Å². The molecule has 1 amide bonds. The Labute approximate surface area is 129 Å². The van der Waals surface area contributed by atoms with E-state index in [4.69, 9.17) is 5.11 Å². The van der Waals surface area contributed by atoms with Gasteiger partial charge in [-0.2, -0.15) is 0 Å². The second-order valence-corrected chi connectivity index (χ2v) is 7.15. The van der Waals surface area contributed by atoms with Crippen LogP contribution in [0.1, 0.15) is 28.8 Å². The van der Waals surface area contributed by atoms with Gasteiger partial charge in [-0.3, -0.25) is 9.52 Å². The Balaban J connectivity index is 2.31. The lowest BCUT2D eigenvalue weighted by molar-refractivity contribution is -0.141. The fourth-order valence-corrected chi connectivity index (χ4v) is 3.12. The van der Waals surface area contributed by atoms with Crippen LogP contribution in [-0.2, 0) is 14.8 Å². The zero-order valence-corrected chi connectivity index (χ0v) is 13.2. The number of rotatable bonds is 4. The lowest BCUT2D eigenvalue weighted by Gasteiger charge is -2.22. The molecule has 22 heavy (non-hydrogen) atoms. The Bertz CT molecular complexity index is 714. The lowest BCUT2D eigenvalue weighted by Crippen LogP contribution is -2.40. The molecule has 0 bridgehead atoms. The molecule has 0 spiro atoms. The zero-order chi connectivity index (χ0) is 16.5. The molecule has 1 fully saturated rings. The van der Waals surface area contributed by atoms with Gasteiger partial charge in [-0.15, -0.1) is 0 Å². The predicted octanol–water partition coefficient (Wildman–Crippen LogP) is 1.06. The summed E-state index contributed by atoms with van der Waals surface area (Å²) < 4.78 is 25.0. The van der Waals surface area contributed by atoms with Gasteiger partial charge in [0.25, 0.3) is 5.91 Å². The number of sulfonamides is 1. The number of carboxylic acids is 1. The average molecular weight is 326 g/mol. The van der Waals surface area contributed by atoms with Crippen LogP contribution in [0.25, 0.3) is 0 Å². The molecule has 8 heteroatoms. The van der Waals surface area contributed by atoms with E-state index >= 15 is 0 Å². The molecule has 2 rings (SSSR count). The molecule has 1 aromatic carbocycles. The molecule has 1 heterocycles. The van der Waals surface area contributed by atoms with Crippen LogP contribution < -0.4 is 4.72 Å². The Kier molecular flexibility index (Phi) is 4.41. The largest absolute Gasteiger partial charge is 0.480 e. The maximum absolute atomic E-state index is 12.5. The van der Waals surface area contributed by atoms with E-state index in [9.17, 15) is 18.0 Å². The molecule has 0 saturated carbocycles. The number of hydrogen-bond acceptors (Lipinski definition) is 4. The van der Waals surface area contributed by atoms with Crippen LogP contribution in [0.4, 0.5) is 5.69 Å². The van der Waals surface area contributed by atoms with Crippen molar-refractivity contribution in [2.45, 2.75) is 25.8 Å². The van der Waals surface area contributed by atoms with Gasteiger partial charge in [0.15, 0.2) is 0 Å². The van der Waals surface area contributed by atoms with Crippen LogP contribution in [0.15, 0.2) is 18.2 Å². The second-order valence-electron chi connectivity index (χ2n) is 5.40. The number of nitrogens with zero attached hydrogens (tertiary/aromatic N) is 1. The number of likely N-dealkylation sites (tertiary alicyclic amines) is 1. The van der Waals surface area contributed by atoms with Crippen molar-refractivity contribution in [3.8, 4) is 0 Å². The summed E-state index contributed by atoms with van der Waals surface area (Å²) in [5, 5.41) is 9.15. The molecule has 0 radical (unpaired) electrons. The van der Waals surface area contributed by atoms with Crippen molar-refractivity contribution >= 4 is 27.6 Å². The van der Waals surface area contributed by atoms with E-state index in [0.717, 1.165) is 6.26 Å². The number of amides is 1. The number of benzene rings is 1. The van der Waals surface area contributed by atoms with Crippen molar-refractivity contribution in [2.75, 3.05) is 17.5 Å². The smallest absolute Gasteiger partial charge is 0.326 e. The SMILES string of the molecule is Cc1ccc(C(=O)N2CCCC2C(=O)O)cc1NS(C)(=O)=O. The van der Waals surface area contributed by atoms with Crippen LogP contribution in [0.3, 0.4) is 0 Å². The van der Waals surface area contributed by atoms with Gasteiger partial charge < -0.3 is 10.0 Å². The van der Waals surface area contributed by atoms with E-state index in [2.05, 4.69) is 4.72 Å². The summed E-state index contributed by atoms with van der Waals surface area (Å²) in [4.78, 5) is 25.0. The predicted molar refractivity (Wildman–Crippen MR) is 81.3 cm³/mol. The molecule has 0 aliphatic carbocycles. The third-order valence-corrected chi connectivity index (χ3v) is 4.17. The highest BCUT2D eigenvalue weighted by Gasteiger charge is 2.34. The third kappa shape index (κ3) is 3.56. The normalized spacial score (nSPS) is 18.3. The first kappa shape index (κ1) is 16.3. The first-order valence-electron chi connectivity index (χ1n) is 6.81. The van der Waals surface area contributed by atoms with Gasteiger partial charge in [0.2, 0.25) is 10.0 Å². The first-order valence-corrected chi connectivity index (χ1v) is 8.70. The minimum atomic E-state index is -3.45. The molecule has 120 valence electrons. The van der Waals surface area contributed by atoms with Crippen LogP contribution in [0.5, 0.6) is 0 Å².